The van der Waals surface area contributed by atoms with E-state index in [2.05, 4.69) is 166 Å². The Morgan fingerprint density at radius 2 is 0.982 bits per heavy atom. The number of anilines is 1. The number of nitrogens with two attached hydrogens (primary N) is 1. The molecule has 0 amide bonds. The van der Waals surface area contributed by atoms with Crippen LogP contribution in [0.3, 0.4) is 0 Å². The fourth-order valence-electron chi connectivity index (χ4n) is 7.33. The molecule has 5 nitrogen and oxygen atoms in total. The summed E-state index contributed by atoms with van der Waals surface area (Å²) in [6.45, 7) is 2.15. The molecule has 0 unspecified atom stereocenters. The average molecular weight is 958 g/mol. The Morgan fingerprint density at radius 3 is 1.67 bits per heavy atom. The molecule has 0 fully saturated rings. The van der Waals surface area contributed by atoms with E-state index in [1.807, 2.05) is 66.7 Å². The number of nitrogens with zero attached hydrogens (tertiary/aromatic N) is 4. The minimum absolute atomic E-state index is 0. The summed E-state index contributed by atoms with van der Waals surface area (Å²) < 4.78 is 4.47. The van der Waals surface area contributed by atoms with Crippen molar-refractivity contribution in [2.75, 3.05) is 5.73 Å². The van der Waals surface area contributed by atoms with Gasteiger partial charge in [0.05, 0.1) is 16.7 Å². The van der Waals surface area contributed by atoms with Crippen LogP contribution in [0.4, 0.5) is 5.69 Å². The van der Waals surface area contributed by atoms with E-state index in [1.54, 1.807) is 0 Å². The minimum Gasteiger partial charge on any atom is -0.399 e. The van der Waals surface area contributed by atoms with Crippen molar-refractivity contribution in [2.24, 2.45) is 0 Å². The van der Waals surface area contributed by atoms with Crippen molar-refractivity contribution in [1.29, 1.82) is 0 Å². The molecule has 0 aliphatic heterocycles. The quantitative estimate of drug-likeness (QED) is 0.133. The maximum absolute atomic E-state index is 5.87. The zero-order valence-corrected chi connectivity index (χ0v) is 35.5. The van der Waals surface area contributed by atoms with Crippen molar-refractivity contribution in [3.63, 3.8) is 0 Å². The molecule has 0 saturated heterocycles. The van der Waals surface area contributed by atoms with Crippen LogP contribution in [0, 0.1) is 50.2 Å². The molecule has 2 N–H and O–H groups in total. The summed E-state index contributed by atoms with van der Waals surface area (Å²) in [5, 5.41) is 11.7. The summed E-state index contributed by atoms with van der Waals surface area (Å²) in [6, 6.07) is 72.6. The molecule has 0 radical (unpaired) electrons. The van der Waals surface area contributed by atoms with Crippen LogP contribution < -0.4 is 5.73 Å². The number of hydrogen-bond donors (Lipinski definition) is 1. The maximum atomic E-state index is 5.87. The second-order valence-corrected chi connectivity index (χ2v) is 13.7. The molecule has 8 aromatic carbocycles. The number of aryl methyl sites for hydroxylation is 1. The Bertz CT molecular complexity index is 2900. The van der Waals surface area contributed by atoms with Gasteiger partial charge < -0.3 is 10.3 Å². The fraction of sp³-hybridized carbons (Fsp3) is 0.0196. The van der Waals surface area contributed by atoms with Gasteiger partial charge in [-0.05, 0) is 78.7 Å². The van der Waals surface area contributed by atoms with Crippen molar-refractivity contribution >= 4 is 27.5 Å². The molecule has 2 heterocycles. The molecule has 6 heteroatoms. The Hall–Kier alpha value is -6.45. The Morgan fingerprint density at radius 1 is 0.456 bits per heavy atom. The topological polar surface area (TPSA) is 61.7 Å². The van der Waals surface area contributed by atoms with Gasteiger partial charge in [-0.1, -0.05) is 90.5 Å². The van der Waals surface area contributed by atoms with Crippen LogP contribution in [0.5, 0.6) is 0 Å². The van der Waals surface area contributed by atoms with Crippen LogP contribution in [-0.4, -0.2) is 19.3 Å². The largest absolute Gasteiger partial charge is 2.00 e. The molecule has 0 bridgehead atoms. The maximum Gasteiger partial charge on any atom is 2.00 e. The molecule has 0 saturated carbocycles. The van der Waals surface area contributed by atoms with E-state index in [4.69, 9.17) is 5.73 Å². The Kier molecular flexibility index (Phi) is 11.0. The first-order valence-electron chi connectivity index (χ1n) is 18.6. The van der Waals surface area contributed by atoms with E-state index in [1.165, 1.54) is 44.2 Å². The zero-order chi connectivity index (χ0) is 37.8. The van der Waals surface area contributed by atoms with Crippen LogP contribution in [-0.2, 0) is 0 Å². The number of hydrogen-bond acceptors (Lipinski definition) is 3. The van der Waals surface area contributed by atoms with Gasteiger partial charge in [-0.25, -0.2) is 0 Å². The summed E-state index contributed by atoms with van der Waals surface area (Å²) in [6.07, 6.45) is 0. The molecule has 57 heavy (non-hydrogen) atoms. The second-order valence-electron chi connectivity index (χ2n) is 13.7. The second kappa shape index (κ2) is 16.7. The number of para-hydroxylation sites is 3. The summed E-state index contributed by atoms with van der Waals surface area (Å²) in [4.78, 5) is 0. The smallest absolute Gasteiger partial charge is 0.399 e. The van der Waals surface area contributed by atoms with Crippen LogP contribution >= 0.6 is 0 Å². The van der Waals surface area contributed by atoms with Crippen molar-refractivity contribution in [3.05, 3.63) is 212 Å². The van der Waals surface area contributed by atoms with Gasteiger partial charge in [0.1, 0.15) is 0 Å². The fourth-order valence-corrected chi connectivity index (χ4v) is 7.33. The third kappa shape index (κ3) is 7.58. The monoisotopic (exact) mass is 957 g/mol. The number of aromatic nitrogens is 4. The van der Waals surface area contributed by atoms with Gasteiger partial charge >= 0.3 is 31.1 Å². The van der Waals surface area contributed by atoms with Gasteiger partial charge in [0.25, 0.3) is 0 Å². The first-order chi connectivity index (χ1) is 27.6. The number of rotatable bonds is 6. The summed E-state index contributed by atoms with van der Waals surface area (Å²) in [5.74, 6) is 1.57. The third-order valence-corrected chi connectivity index (χ3v) is 10.0. The Balaban J connectivity index is 0.000000158. The van der Waals surface area contributed by atoms with Gasteiger partial charge in [-0.15, -0.1) is 21.3 Å². The predicted octanol–water partition coefficient (Wildman–Crippen LogP) is 12.2. The van der Waals surface area contributed by atoms with Gasteiger partial charge in [-0.3, -0.25) is 4.57 Å². The minimum atomic E-state index is 0. The van der Waals surface area contributed by atoms with E-state index in [9.17, 15) is 0 Å². The Labute approximate surface area is 356 Å². The molecule has 0 aliphatic carbocycles. The molecular formula is C51H37N5U. The van der Waals surface area contributed by atoms with E-state index in [0.29, 0.717) is 0 Å². The van der Waals surface area contributed by atoms with Gasteiger partial charge in [0.2, 0.25) is 0 Å². The van der Waals surface area contributed by atoms with Crippen molar-refractivity contribution in [2.45, 2.75) is 6.92 Å². The van der Waals surface area contributed by atoms with Crippen LogP contribution in [0.2, 0.25) is 0 Å². The average Bonchev–Trinajstić information content (AvgIpc) is 3.85. The predicted molar refractivity (Wildman–Crippen MR) is 231 cm³/mol. The van der Waals surface area contributed by atoms with E-state index < -0.39 is 0 Å². The number of fused-ring (bicyclic) bond motifs is 3. The van der Waals surface area contributed by atoms with Crippen LogP contribution in [0.1, 0.15) is 5.56 Å². The standard InChI is InChI=1S/C26H19N4.C25H18N.U/c27-23-17-15-22(16-18-23)26-29-28-25(30(26)24-9-5-2-6-10-24)21-13-11-20(12-14-21)19-7-3-1-4-8-19;1-18-15-16-25-22(17-18)21-12-6-8-14-24(21)26(25)23-13-7-5-11-20(23)19-9-3-2-4-10-19;/h2-18H,27H2;3-17H,1H3;/q2*-1;+2. The number of benzene rings is 8. The van der Waals surface area contributed by atoms with Gasteiger partial charge in [0, 0.05) is 33.3 Å². The third-order valence-electron chi connectivity index (χ3n) is 10.0. The molecule has 0 aliphatic rings. The van der Waals surface area contributed by atoms with Crippen LogP contribution in [0.15, 0.2) is 194 Å². The van der Waals surface area contributed by atoms with Crippen molar-refractivity contribution in [3.8, 4) is 56.4 Å². The molecule has 0 atom stereocenters. The van der Waals surface area contributed by atoms with E-state index in [-0.39, 0.29) is 31.1 Å². The molecule has 10 aromatic rings. The summed E-state index contributed by atoms with van der Waals surface area (Å²) in [5.41, 5.74) is 19.3. The summed E-state index contributed by atoms with van der Waals surface area (Å²) in [7, 11) is 0. The van der Waals surface area contributed by atoms with E-state index in [0.717, 1.165) is 45.3 Å². The van der Waals surface area contributed by atoms with E-state index >= 15 is 0 Å². The van der Waals surface area contributed by atoms with Gasteiger partial charge in [0.15, 0.2) is 11.6 Å². The molecule has 0 spiro atoms. The van der Waals surface area contributed by atoms with Crippen molar-refractivity contribution < 1.29 is 31.1 Å². The SMILES string of the molecule is Cc1ccc2c(c1)c1ccccc1n2-c1ccccc1-c1cc[c-]cc1.Nc1ccc(-c2nnc(-c3ccc(-c4cc[c-]cc4)cc3)n2-c2ccccc2)cc1.[U+2]. The first-order valence-corrected chi connectivity index (χ1v) is 18.6. The van der Waals surface area contributed by atoms with Crippen molar-refractivity contribution in [1.82, 2.24) is 19.3 Å². The molecule has 2 aromatic heterocycles. The van der Waals surface area contributed by atoms with Gasteiger partial charge in [-0.2, -0.15) is 60.7 Å². The van der Waals surface area contributed by atoms with Crippen LogP contribution in [0.25, 0.3) is 78.2 Å². The first kappa shape index (κ1) is 37.5. The molecule has 270 valence electrons. The summed E-state index contributed by atoms with van der Waals surface area (Å²) >= 11 is 0. The number of nitrogen functional groups attached to an aromatic ring is 1. The molecular weight excluding hydrogens is 921 g/mol. The normalized spacial score (nSPS) is 10.8. The molecule has 10 rings (SSSR count). The zero-order valence-electron chi connectivity index (χ0n) is 31.3.